The number of likely N-dealkylation sites (N-methyl/N-ethyl adjacent to an activating group) is 1. The van der Waals surface area contributed by atoms with E-state index in [0.29, 0.717) is 24.8 Å². The first-order valence-corrected chi connectivity index (χ1v) is 14.2. The molecule has 1 aromatic heterocycles. The number of hydrogen-bond donors (Lipinski definition) is 1. The van der Waals surface area contributed by atoms with Crippen LogP contribution in [0.5, 0.6) is 5.75 Å². The van der Waals surface area contributed by atoms with E-state index in [2.05, 4.69) is 21.7 Å². The fourth-order valence-corrected chi connectivity index (χ4v) is 6.78. The van der Waals surface area contributed by atoms with Crippen molar-refractivity contribution < 1.29 is 18.3 Å². The van der Waals surface area contributed by atoms with Crippen molar-refractivity contribution in [3.63, 3.8) is 0 Å². The van der Waals surface area contributed by atoms with Crippen molar-refractivity contribution in [2.24, 2.45) is 11.8 Å². The van der Waals surface area contributed by atoms with Crippen LogP contribution in [-0.4, -0.2) is 66.6 Å². The topological polar surface area (TPSA) is 83.0 Å². The number of benzene rings is 1. The molecule has 0 spiro atoms. The molecule has 0 radical (unpaired) electrons. The number of pyridine rings is 1. The highest BCUT2D eigenvalue weighted by Crippen LogP contribution is 2.34. The van der Waals surface area contributed by atoms with Gasteiger partial charge in [-0.3, -0.25) is 9.88 Å². The molecule has 4 rings (SSSR count). The average Bonchev–Trinajstić information content (AvgIpc) is 3.39. The normalized spacial score (nSPS) is 23.1. The lowest BCUT2D eigenvalue weighted by molar-refractivity contribution is 0.0733. The van der Waals surface area contributed by atoms with E-state index in [1.165, 1.54) is 17.1 Å². The number of sulfonamides is 1. The maximum Gasteiger partial charge on any atom is 0.247 e. The van der Waals surface area contributed by atoms with Gasteiger partial charge in [0.25, 0.3) is 0 Å². The van der Waals surface area contributed by atoms with Crippen LogP contribution >= 0.6 is 0 Å². The second kappa shape index (κ2) is 11.7. The zero-order valence-corrected chi connectivity index (χ0v) is 22.2. The summed E-state index contributed by atoms with van der Waals surface area (Å²) in [5.74, 6) is 7.24. The van der Waals surface area contributed by atoms with E-state index in [0.717, 1.165) is 24.0 Å². The summed E-state index contributed by atoms with van der Waals surface area (Å²) in [6, 6.07) is 8.54. The molecule has 1 aromatic carbocycles. The van der Waals surface area contributed by atoms with E-state index in [1.54, 1.807) is 31.3 Å². The minimum atomic E-state index is -3.86. The Labute approximate surface area is 215 Å². The molecule has 194 valence electrons. The lowest BCUT2D eigenvalue weighted by Gasteiger charge is -2.37. The summed E-state index contributed by atoms with van der Waals surface area (Å²) in [7, 11) is -1.83. The molecule has 1 N–H and O–H groups in total. The monoisotopic (exact) mass is 511 g/mol. The van der Waals surface area contributed by atoms with Crippen LogP contribution in [0.1, 0.15) is 50.7 Å². The number of rotatable bonds is 6. The molecule has 0 unspecified atom stereocenters. The second-order valence-electron chi connectivity index (χ2n) is 10.2. The van der Waals surface area contributed by atoms with Gasteiger partial charge < -0.3 is 9.84 Å². The number of ether oxygens (including phenoxy) is 1. The van der Waals surface area contributed by atoms with Crippen LogP contribution in [0.3, 0.4) is 0 Å². The number of fused-ring (bicyclic) bond motifs is 1. The Morgan fingerprint density at radius 3 is 2.75 bits per heavy atom. The third-order valence-electron chi connectivity index (χ3n) is 7.11. The van der Waals surface area contributed by atoms with Gasteiger partial charge in [-0.05, 0) is 56.6 Å². The van der Waals surface area contributed by atoms with E-state index in [9.17, 15) is 13.5 Å². The highest BCUT2D eigenvalue weighted by Gasteiger charge is 2.38. The standard InChI is InChI=1S/C28H37N3O4S/c1-21-17-31(22(2)20-32)36(33,34)28-13-12-24(11-10-23-7-4-5-8-23)15-26(28)35-27(21)19-30(3)18-25-9-6-14-29-16-25/h6,9,12-16,21-23,27,32H,4-5,7-8,17-20H2,1-3H3/t21-,22+,27+/m1/s1. The lowest BCUT2D eigenvalue weighted by atomic mass is 10.0. The van der Waals surface area contributed by atoms with Crippen molar-refractivity contribution in [2.45, 2.75) is 63.1 Å². The molecule has 2 heterocycles. The molecule has 1 aliphatic heterocycles. The molecule has 1 fully saturated rings. The Hall–Kier alpha value is -2.44. The molecule has 8 heteroatoms. The molecule has 2 aliphatic rings. The Bertz CT molecular complexity index is 1190. The SMILES string of the molecule is C[C@@H]1CN([C@@H](C)CO)S(=O)(=O)c2ccc(C#CC3CCCC3)cc2O[C@H]1CN(C)Cc1cccnc1. The van der Waals surface area contributed by atoms with Crippen LogP contribution in [0, 0.1) is 23.7 Å². The van der Waals surface area contributed by atoms with Crippen molar-refractivity contribution in [1.29, 1.82) is 0 Å². The second-order valence-corrected chi connectivity index (χ2v) is 12.1. The third kappa shape index (κ3) is 6.27. The molecule has 7 nitrogen and oxygen atoms in total. The van der Waals surface area contributed by atoms with Crippen LogP contribution in [0.15, 0.2) is 47.6 Å². The van der Waals surface area contributed by atoms with Gasteiger partial charge in [-0.1, -0.05) is 37.7 Å². The summed E-state index contributed by atoms with van der Waals surface area (Å²) in [6.07, 6.45) is 8.03. The Balaban J connectivity index is 1.66. The maximum absolute atomic E-state index is 13.7. The molecule has 0 amide bonds. The summed E-state index contributed by atoms with van der Waals surface area (Å²) >= 11 is 0. The van der Waals surface area contributed by atoms with Crippen LogP contribution in [-0.2, 0) is 16.6 Å². The summed E-state index contributed by atoms with van der Waals surface area (Å²) in [5, 5.41) is 9.84. The average molecular weight is 512 g/mol. The van der Waals surface area contributed by atoms with Crippen molar-refractivity contribution in [3.8, 4) is 17.6 Å². The van der Waals surface area contributed by atoms with Gasteiger partial charge >= 0.3 is 0 Å². The maximum atomic E-state index is 13.7. The zero-order valence-electron chi connectivity index (χ0n) is 21.4. The van der Waals surface area contributed by atoms with Crippen molar-refractivity contribution in [2.75, 3.05) is 26.7 Å². The summed E-state index contributed by atoms with van der Waals surface area (Å²) in [4.78, 5) is 6.49. The Kier molecular flexibility index (Phi) is 8.68. The van der Waals surface area contributed by atoms with Crippen LogP contribution in [0.2, 0.25) is 0 Å². The first kappa shape index (κ1) is 26.6. The van der Waals surface area contributed by atoms with Crippen LogP contribution in [0.4, 0.5) is 0 Å². The predicted molar refractivity (Wildman–Crippen MR) is 140 cm³/mol. The van der Waals surface area contributed by atoms with Crippen LogP contribution in [0.25, 0.3) is 0 Å². The van der Waals surface area contributed by atoms with Gasteiger partial charge in [0.05, 0.1) is 6.61 Å². The van der Waals surface area contributed by atoms with Gasteiger partial charge in [-0.2, -0.15) is 4.31 Å². The van der Waals surface area contributed by atoms with Gasteiger partial charge in [0.1, 0.15) is 16.7 Å². The Morgan fingerprint density at radius 1 is 1.28 bits per heavy atom. The minimum absolute atomic E-state index is 0.105. The number of aromatic nitrogens is 1. The van der Waals surface area contributed by atoms with Gasteiger partial charge in [0, 0.05) is 55.5 Å². The highest BCUT2D eigenvalue weighted by atomic mass is 32.2. The first-order chi connectivity index (χ1) is 17.3. The summed E-state index contributed by atoms with van der Waals surface area (Å²) in [6.45, 7) is 5.06. The van der Waals surface area contributed by atoms with Crippen molar-refractivity contribution >= 4 is 10.0 Å². The number of aliphatic hydroxyl groups is 1. The van der Waals surface area contributed by atoms with Crippen LogP contribution < -0.4 is 4.74 Å². The molecule has 1 saturated carbocycles. The highest BCUT2D eigenvalue weighted by molar-refractivity contribution is 7.89. The summed E-state index contributed by atoms with van der Waals surface area (Å²) < 4.78 is 35.2. The lowest BCUT2D eigenvalue weighted by Crippen LogP contribution is -2.49. The molecular formula is C28H37N3O4S. The van der Waals surface area contributed by atoms with Gasteiger partial charge in [0.2, 0.25) is 10.0 Å². The molecule has 0 bridgehead atoms. The first-order valence-electron chi connectivity index (χ1n) is 12.8. The molecule has 2 aromatic rings. The largest absolute Gasteiger partial charge is 0.487 e. The molecule has 36 heavy (non-hydrogen) atoms. The number of nitrogens with zero attached hydrogens (tertiary/aromatic N) is 3. The predicted octanol–water partition coefficient (Wildman–Crippen LogP) is 3.52. The van der Waals surface area contributed by atoms with E-state index >= 15 is 0 Å². The van der Waals surface area contributed by atoms with Crippen molar-refractivity contribution in [1.82, 2.24) is 14.2 Å². The van der Waals surface area contributed by atoms with Gasteiger partial charge in [0.15, 0.2) is 0 Å². The molecule has 1 aliphatic carbocycles. The molecule has 0 saturated heterocycles. The zero-order chi connectivity index (χ0) is 25.7. The fraction of sp³-hybridized carbons (Fsp3) is 0.536. The van der Waals surface area contributed by atoms with E-state index < -0.39 is 16.1 Å². The van der Waals surface area contributed by atoms with E-state index in [1.807, 2.05) is 32.3 Å². The fourth-order valence-electron chi connectivity index (χ4n) is 4.95. The van der Waals surface area contributed by atoms with Crippen molar-refractivity contribution in [3.05, 3.63) is 53.9 Å². The smallest absolute Gasteiger partial charge is 0.247 e. The van der Waals surface area contributed by atoms with E-state index in [4.69, 9.17) is 4.74 Å². The van der Waals surface area contributed by atoms with Gasteiger partial charge in [-0.15, -0.1) is 0 Å². The van der Waals surface area contributed by atoms with E-state index in [-0.39, 0.29) is 30.1 Å². The molecule has 3 atom stereocenters. The quantitative estimate of drug-likeness (QED) is 0.598. The Morgan fingerprint density at radius 2 is 2.06 bits per heavy atom. The number of hydrogen-bond acceptors (Lipinski definition) is 6. The number of aliphatic hydroxyl groups excluding tert-OH is 1. The van der Waals surface area contributed by atoms with Gasteiger partial charge in [-0.25, -0.2) is 8.42 Å². The minimum Gasteiger partial charge on any atom is -0.487 e. The third-order valence-corrected chi connectivity index (χ3v) is 9.13. The molecular weight excluding hydrogens is 474 g/mol. The summed E-state index contributed by atoms with van der Waals surface area (Å²) in [5.41, 5.74) is 1.86.